The molecule has 2 rings (SSSR count). The summed E-state index contributed by atoms with van der Waals surface area (Å²) in [4.78, 5) is 18.9. The van der Waals surface area contributed by atoms with Gasteiger partial charge in [0.1, 0.15) is 0 Å². The number of aromatic nitrogens is 1. The van der Waals surface area contributed by atoms with Crippen LogP contribution in [0.3, 0.4) is 0 Å². The summed E-state index contributed by atoms with van der Waals surface area (Å²) >= 11 is 0. The highest BCUT2D eigenvalue weighted by Crippen LogP contribution is 2.25. The van der Waals surface area contributed by atoms with Gasteiger partial charge in [0.05, 0.1) is 5.70 Å². The van der Waals surface area contributed by atoms with Crippen molar-refractivity contribution in [3.05, 3.63) is 107 Å². The van der Waals surface area contributed by atoms with Crippen LogP contribution in [0.25, 0.3) is 11.8 Å². The fraction of sp³-hybridized carbons (Fsp3) is 0.314. The summed E-state index contributed by atoms with van der Waals surface area (Å²) in [6.07, 6.45) is 23.5. The van der Waals surface area contributed by atoms with Crippen LogP contribution in [-0.2, 0) is 11.2 Å². The highest BCUT2D eigenvalue weighted by molar-refractivity contribution is 5.97. The van der Waals surface area contributed by atoms with Gasteiger partial charge in [0, 0.05) is 34.3 Å². The first kappa shape index (κ1) is 38.1. The zero-order chi connectivity index (χ0) is 31.3. The normalized spacial score (nSPS) is 11.7. The van der Waals surface area contributed by atoms with E-state index in [2.05, 4.69) is 68.4 Å². The van der Waals surface area contributed by atoms with Crippen LogP contribution >= 0.6 is 0 Å². The lowest BCUT2D eigenvalue weighted by atomic mass is 10.1. The summed E-state index contributed by atoms with van der Waals surface area (Å²) in [6, 6.07) is 3.95. The van der Waals surface area contributed by atoms with Gasteiger partial charge in [-0.1, -0.05) is 62.9 Å². The second-order valence-corrected chi connectivity index (χ2v) is 8.66. The number of terminal acetylenes is 1. The molecule has 0 radical (unpaired) electrons. The molecule has 0 fully saturated rings. The third-order valence-electron chi connectivity index (χ3n) is 5.52. The number of aromatic amines is 1. The predicted molar refractivity (Wildman–Crippen MR) is 171 cm³/mol. The topological polar surface area (TPSA) is 45.2 Å². The Hall–Kier alpha value is -4.04. The molecule has 0 unspecified atom stereocenters. The molecule has 1 heterocycles. The van der Waals surface area contributed by atoms with E-state index in [0.717, 1.165) is 41.5 Å². The molecule has 0 aliphatic carbocycles. The number of hydrogen-bond donors (Lipinski definition) is 1. The van der Waals surface area contributed by atoms with E-state index in [1.807, 2.05) is 53.0 Å². The second kappa shape index (κ2) is 21.8. The molecule has 1 aromatic carbocycles. The molecule has 2 aromatic rings. The predicted octanol–water partition coefficient (Wildman–Crippen LogP) is 10.0. The molecule has 0 saturated heterocycles. The molecule has 0 spiro atoms. The maximum atomic E-state index is 12.4. The SMILES string of the molecule is C#C.C/C=C\c1c(/C(=C/C)N=C(C)CC)c[nH]c1C.C=C(C)/C(=C\C=C/C)C(C)=O.CCc1ccc(F)c(F)c1. The Morgan fingerprint density at radius 3 is 2.10 bits per heavy atom. The number of aliphatic imine (C=N–C) groups is 1. The highest BCUT2D eigenvalue weighted by Gasteiger charge is 2.09. The minimum absolute atomic E-state index is 0.0654. The van der Waals surface area contributed by atoms with Gasteiger partial charge in [-0.25, -0.2) is 8.78 Å². The highest BCUT2D eigenvalue weighted by atomic mass is 19.2. The summed E-state index contributed by atoms with van der Waals surface area (Å²) in [5.74, 6) is -1.48. The van der Waals surface area contributed by atoms with Crippen molar-refractivity contribution in [3.63, 3.8) is 0 Å². The molecule has 40 heavy (non-hydrogen) atoms. The maximum absolute atomic E-state index is 12.4. The lowest BCUT2D eigenvalue weighted by Gasteiger charge is -2.03. The lowest BCUT2D eigenvalue weighted by Crippen LogP contribution is -1.96. The molecular formula is C35H46F2N2O. The van der Waals surface area contributed by atoms with Crippen molar-refractivity contribution in [1.82, 2.24) is 4.98 Å². The van der Waals surface area contributed by atoms with Crippen LogP contribution in [0.4, 0.5) is 8.78 Å². The van der Waals surface area contributed by atoms with Crippen LogP contribution < -0.4 is 0 Å². The Balaban J connectivity index is 0. The Kier molecular flexibility index (Phi) is 20.8. The molecule has 5 heteroatoms. The van der Waals surface area contributed by atoms with E-state index >= 15 is 0 Å². The lowest BCUT2D eigenvalue weighted by molar-refractivity contribution is -0.113. The Labute approximate surface area is 241 Å². The molecule has 1 N–H and O–H groups in total. The van der Waals surface area contributed by atoms with E-state index in [-0.39, 0.29) is 5.78 Å². The quantitative estimate of drug-likeness (QED) is 0.152. The number of Topliss-reactive ketones (excluding diaryl/α,β-unsaturated/α-hetero) is 1. The molecule has 3 nitrogen and oxygen atoms in total. The van der Waals surface area contributed by atoms with Crippen molar-refractivity contribution in [3.8, 4) is 12.8 Å². The summed E-state index contributed by atoms with van der Waals surface area (Å²) in [6.45, 7) is 21.2. The number of hydrogen-bond acceptors (Lipinski definition) is 2. The van der Waals surface area contributed by atoms with Crippen LogP contribution in [0, 0.1) is 31.4 Å². The number of H-pyrrole nitrogens is 1. The van der Waals surface area contributed by atoms with E-state index in [0.29, 0.717) is 5.57 Å². The van der Waals surface area contributed by atoms with Gasteiger partial charge in [0.2, 0.25) is 0 Å². The standard InChI is InChI=1S/C15H22N2.C10H14O.C8H8F2.C2H2/c1-6-9-13-12(5)16-10-14(13)15(8-3)17-11(4)7-2;1-5-6-7-10(8(2)3)9(4)11;1-2-6-3-4-7(9)8(10)5-6;1-2/h6,8-10,16H,7H2,1-5H3;5-7H,2H2,1,3-4H3;3-5H,2H2,1H3;1-2H/b9-6-,15-8-,17-11?;6-5-,10-7+;;. The molecule has 0 aliphatic rings. The smallest absolute Gasteiger partial charge is 0.160 e. The molecule has 0 saturated carbocycles. The fourth-order valence-corrected chi connectivity index (χ4v) is 3.21. The van der Waals surface area contributed by atoms with Gasteiger partial charge in [-0.2, -0.15) is 0 Å². The number of aryl methyl sites for hydroxylation is 2. The number of nitrogens with zero attached hydrogens (tertiary/aromatic N) is 1. The van der Waals surface area contributed by atoms with Crippen molar-refractivity contribution >= 4 is 23.3 Å². The zero-order valence-corrected chi connectivity index (χ0v) is 25.7. The largest absolute Gasteiger partial charge is 0.364 e. The number of carbonyl (C=O) groups excluding carboxylic acids is 1. The summed E-state index contributed by atoms with van der Waals surface area (Å²) in [5, 5.41) is 0. The number of rotatable bonds is 8. The van der Waals surface area contributed by atoms with Crippen LogP contribution in [0.15, 0.2) is 77.5 Å². The van der Waals surface area contributed by atoms with Crippen LogP contribution in [0.1, 0.15) is 84.2 Å². The number of nitrogens with one attached hydrogen (secondary N) is 1. The first-order chi connectivity index (χ1) is 19.0. The van der Waals surface area contributed by atoms with E-state index in [9.17, 15) is 13.6 Å². The first-order valence-corrected chi connectivity index (χ1v) is 13.3. The molecule has 0 amide bonds. The molecule has 0 bridgehead atoms. The molecular weight excluding hydrogens is 502 g/mol. The Bertz CT molecular complexity index is 1240. The van der Waals surface area contributed by atoms with Crippen molar-refractivity contribution in [2.75, 3.05) is 0 Å². The maximum Gasteiger partial charge on any atom is 0.160 e. The van der Waals surface area contributed by atoms with Crippen molar-refractivity contribution in [2.24, 2.45) is 4.99 Å². The Morgan fingerprint density at radius 1 is 1.05 bits per heavy atom. The monoisotopic (exact) mass is 548 g/mol. The van der Waals surface area contributed by atoms with Crippen LogP contribution in [0.2, 0.25) is 0 Å². The van der Waals surface area contributed by atoms with Crippen molar-refractivity contribution < 1.29 is 13.6 Å². The van der Waals surface area contributed by atoms with Gasteiger partial charge in [-0.05, 0) is 84.6 Å². The van der Waals surface area contributed by atoms with E-state index in [1.54, 1.807) is 19.1 Å². The van der Waals surface area contributed by atoms with Crippen LogP contribution in [-0.4, -0.2) is 16.5 Å². The number of carbonyl (C=O) groups is 1. The third kappa shape index (κ3) is 14.2. The molecule has 0 atom stereocenters. The molecule has 0 aliphatic heterocycles. The minimum atomic E-state index is -0.780. The second-order valence-electron chi connectivity index (χ2n) is 8.66. The van der Waals surface area contributed by atoms with Crippen LogP contribution in [0.5, 0.6) is 0 Å². The number of allylic oxidation sites excluding steroid dienone is 7. The number of benzene rings is 1. The van der Waals surface area contributed by atoms with Crippen molar-refractivity contribution in [1.29, 1.82) is 0 Å². The fourth-order valence-electron chi connectivity index (χ4n) is 3.21. The van der Waals surface area contributed by atoms with Gasteiger partial charge in [-0.15, -0.1) is 12.8 Å². The summed E-state index contributed by atoms with van der Waals surface area (Å²) in [5.41, 5.74) is 8.12. The van der Waals surface area contributed by atoms with Gasteiger partial charge in [-0.3, -0.25) is 9.79 Å². The number of halogens is 2. The Morgan fingerprint density at radius 2 is 1.68 bits per heavy atom. The molecule has 1 aromatic heterocycles. The van der Waals surface area contributed by atoms with E-state index in [4.69, 9.17) is 0 Å². The van der Waals surface area contributed by atoms with Gasteiger partial charge in [0.15, 0.2) is 17.4 Å². The van der Waals surface area contributed by atoms with Gasteiger partial charge in [0.25, 0.3) is 0 Å². The first-order valence-electron chi connectivity index (χ1n) is 13.3. The zero-order valence-electron chi connectivity index (χ0n) is 25.7. The van der Waals surface area contributed by atoms with Gasteiger partial charge < -0.3 is 4.98 Å². The number of ketones is 1. The molecule has 216 valence electrons. The van der Waals surface area contributed by atoms with Gasteiger partial charge >= 0.3 is 0 Å². The summed E-state index contributed by atoms with van der Waals surface area (Å²) < 4.78 is 24.7. The van der Waals surface area contributed by atoms with E-state index in [1.165, 1.54) is 22.9 Å². The average Bonchev–Trinajstić information content (AvgIpc) is 3.30. The van der Waals surface area contributed by atoms with Crippen molar-refractivity contribution in [2.45, 2.75) is 75.2 Å². The summed E-state index contributed by atoms with van der Waals surface area (Å²) in [7, 11) is 0. The van der Waals surface area contributed by atoms with E-state index < -0.39 is 11.6 Å². The average molecular weight is 549 g/mol. The minimum Gasteiger partial charge on any atom is -0.364 e. The third-order valence-corrected chi connectivity index (χ3v) is 5.52.